The molecule has 2 N–H and O–H groups in total. The number of imide groups is 1. The summed E-state index contributed by atoms with van der Waals surface area (Å²) in [6, 6.07) is 1.79. The number of urea groups is 1. The van der Waals surface area contributed by atoms with Gasteiger partial charge in [-0.25, -0.2) is 4.79 Å². The van der Waals surface area contributed by atoms with Crippen LogP contribution >= 0.6 is 23.1 Å². The van der Waals surface area contributed by atoms with E-state index in [1.165, 1.54) is 28.6 Å². The molecular weight excluding hydrogens is 418 g/mol. The number of fused-ring (bicyclic) bond motifs is 1. The van der Waals surface area contributed by atoms with Gasteiger partial charge in [-0.15, -0.1) is 21.5 Å². The Morgan fingerprint density at radius 1 is 1.37 bits per heavy atom. The number of aryl methyl sites for hydroxylation is 1. The maximum absolute atomic E-state index is 12.2. The van der Waals surface area contributed by atoms with Crippen LogP contribution in [0.4, 0.5) is 4.79 Å². The molecule has 3 rings (SSSR count). The molecule has 0 bridgehead atoms. The van der Waals surface area contributed by atoms with Crippen molar-refractivity contribution in [2.75, 3.05) is 6.54 Å². The summed E-state index contributed by atoms with van der Waals surface area (Å²) < 4.78 is 1.93. The fourth-order valence-electron chi connectivity index (χ4n) is 3.64. The van der Waals surface area contributed by atoms with E-state index in [1.807, 2.05) is 11.6 Å². The zero-order chi connectivity index (χ0) is 22.1. The Balaban J connectivity index is 1.71. The second-order valence-electron chi connectivity index (χ2n) is 8.84. The fourth-order valence-corrected chi connectivity index (χ4v) is 5.68. The predicted molar refractivity (Wildman–Crippen MR) is 122 cm³/mol. The molecule has 0 radical (unpaired) electrons. The van der Waals surface area contributed by atoms with Gasteiger partial charge in [-0.1, -0.05) is 32.5 Å². The Bertz CT molecular complexity index is 928. The molecule has 0 saturated carbocycles. The van der Waals surface area contributed by atoms with Crippen molar-refractivity contribution in [2.24, 2.45) is 18.4 Å². The van der Waals surface area contributed by atoms with Gasteiger partial charge in [-0.3, -0.25) is 10.1 Å². The number of carbonyl (C=O) groups excluding carboxylic acids is 2. The lowest BCUT2D eigenvalue weighted by molar-refractivity contribution is -0.119. The van der Waals surface area contributed by atoms with Gasteiger partial charge in [-0.2, -0.15) is 0 Å². The van der Waals surface area contributed by atoms with Crippen molar-refractivity contribution < 1.29 is 9.59 Å². The number of amides is 3. The molecule has 2 heterocycles. The molecule has 2 aromatic heterocycles. The van der Waals surface area contributed by atoms with Crippen LogP contribution in [0.2, 0.25) is 0 Å². The first-order valence-corrected chi connectivity index (χ1v) is 12.1. The number of nitrogens with one attached hydrogen (secondary N) is 2. The third-order valence-electron chi connectivity index (χ3n) is 5.59. The summed E-state index contributed by atoms with van der Waals surface area (Å²) in [7, 11) is 1.92. The van der Waals surface area contributed by atoms with Gasteiger partial charge in [0.05, 0.1) is 10.1 Å². The van der Waals surface area contributed by atoms with E-state index in [9.17, 15) is 9.59 Å². The summed E-state index contributed by atoms with van der Waals surface area (Å²) in [6.45, 7) is 11.0. The summed E-state index contributed by atoms with van der Waals surface area (Å²) in [5, 5.41) is 13.8. The minimum absolute atomic E-state index is 0.319. The molecule has 0 fully saturated rings. The Hall–Kier alpha value is -1.87. The van der Waals surface area contributed by atoms with Crippen molar-refractivity contribution in [2.45, 2.75) is 64.3 Å². The number of aromatic nitrogens is 3. The highest BCUT2D eigenvalue weighted by molar-refractivity contribution is 8.00. The summed E-state index contributed by atoms with van der Waals surface area (Å²) in [5.41, 5.74) is 1.76. The van der Waals surface area contributed by atoms with Gasteiger partial charge in [0.1, 0.15) is 0 Å². The highest BCUT2D eigenvalue weighted by atomic mass is 32.2. The van der Waals surface area contributed by atoms with Crippen LogP contribution in [0.25, 0.3) is 10.7 Å². The normalized spacial score (nSPS) is 17.3. The van der Waals surface area contributed by atoms with Crippen molar-refractivity contribution in [3.63, 3.8) is 0 Å². The molecule has 7 nitrogen and oxygen atoms in total. The van der Waals surface area contributed by atoms with E-state index in [0.29, 0.717) is 23.0 Å². The largest absolute Gasteiger partial charge is 0.338 e. The minimum Gasteiger partial charge on any atom is -0.338 e. The van der Waals surface area contributed by atoms with E-state index in [0.717, 1.165) is 23.5 Å². The quantitative estimate of drug-likeness (QED) is 0.673. The van der Waals surface area contributed by atoms with Crippen LogP contribution in [0.5, 0.6) is 0 Å². The number of carbonyl (C=O) groups is 2. The van der Waals surface area contributed by atoms with Crippen molar-refractivity contribution in [1.29, 1.82) is 0 Å². The summed E-state index contributed by atoms with van der Waals surface area (Å²) in [5.74, 6) is 1.16. The molecule has 2 aromatic rings. The molecule has 0 unspecified atom stereocenters. The molecule has 0 aliphatic heterocycles. The monoisotopic (exact) mass is 449 g/mol. The minimum atomic E-state index is -0.480. The van der Waals surface area contributed by atoms with E-state index in [4.69, 9.17) is 0 Å². The number of hydrogen-bond acceptors (Lipinski definition) is 6. The van der Waals surface area contributed by atoms with E-state index < -0.39 is 11.3 Å². The molecule has 0 spiro atoms. The Morgan fingerprint density at radius 3 is 2.77 bits per heavy atom. The van der Waals surface area contributed by atoms with Crippen LogP contribution in [-0.2, 0) is 24.7 Å². The second-order valence-corrected chi connectivity index (χ2v) is 11.3. The number of hydrogen-bond donors (Lipinski definition) is 2. The predicted octanol–water partition coefficient (Wildman–Crippen LogP) is 4.02. The number of thioether (sulfide) groups is 1. The average Bonchev–Trinajstić information content (AvgIpc) is 3.24. The highest BCUT2D eigenvalue weighted by Crippen LogP contribution is 2.42. The first kappa shape index (κ1) is 22.8. The van der Waals surface area contributed by atoms with E-state index >= 15 is 0 Å². The maximum Gasteiger partial charge on any atom is 0.321 e. The van der Waals surface area contributed by atoms with Crippen molar-refractivity contribution in [3.8, 4) is 10.7 Å². The average molecular weight is 450 g/mol. The smallest absolute Gasteiger partial charge is 0.321 e. The van der Waals surface area contributed by atoms with E-state index in [-0.39, 0.29) is 5.91 Å². The molecule has 1 aliphatic rings. The standard InChI is InChI=1S/C21H31N5O2S2/c1-7-22-19(28)23-18(27)12(2)29-20-25-24-17(26(20)6)16-11-13-10-14(21(3,4)5)8-9-15(13)30-16/h11-12,14H,7-10H2,1-6H3,(H2,22,23,27,28)/t12-,14-/m0/s1. The molecule has 164 valence electrons. The van der Waals surface area contributed by atoms with Gasteiger partial charge in [-0.05, 0) is 56.1 Å². The van der Waals surface area contributed by atoms with Crippen LogP contribution in [-0.4, -0.2) is 38.5 Å². The SMILES string of the molecule is CCNC(=O)NC(=O)[C@H](C)Sc1nnc(-c2cc3c(s2)CC[C@H](C(C)(C)C)C3)n1C. The van der Waals surface area contributed by atoms with Crippen LogP contribution in [0, 0.1) is 11.3 Å². The summed E-state index contributed by atoms with van der Waals surface area (Å²) in [4.78, 5) is 26.4. The van der Waals surface area contributed by atoms with Crippen LogP contribution < -0.4 is 10.6 Å². The molecule has 9 heteroatoms. The molecule has 30 heavy (non-hydrogen) atoms. The van der Waals surface area contributed by atoms with Gasteiger partial charge < -0.3 is 9.88 Å². The lowest BCUT2D eigenvalue weighted by Gasteiger charge is -2.33. The molecular formula is C21H31N5O2S2. The molecule has 0 saturated heterocycles. The van der Waals surface area contributed by atoms with Crippen molar-refractivity contribution in [3.05, 3.63) is 16.5 Å². The second kappa shape index (κ2) is 9.09. The lowest BCUT2D eigenvalue weighted by atomic mass is 9.72. The van der Waals surface area contributed by atoms with E-state index in [2.05, 4.69) is 47.7 Å². The van der Waals surface area contributed by atoms with Crippen LogP contribution in [0.3, 0.4) is 0 Å². The first-order valence-electron chi connectivity index (χ1n) is 10.4. The van der Waals surface area contributed by atoms with Gasteiger partial charge in [0.25, 0.3) is 0 Å². The Kier molecular flexibility index (Phi) is 6.91. The molecule has 1 aliphatic carbocycles. The number of nitrogens with zero attached hydrogens (tertiary/aromatic N) is 3. The van der Waals surface area contributed by atoms with Crippen LogP contribution in [0.15, 0.2) is 11.2 Å². The molecule has 2 atom stereocenters. The lowest BCUT2D eigenvalue weighted by Crippen LogP contribution is -2.42. The van der Waals surface area contributed by atoms with Gasteiger partial charge in [0, 0.05) is 18.5 Å². The number of thiophene rings is 1. The van der Waals surface area contributed by atoms with Gasteiger partial charge in [0.15, 0.2) is 11.0 Å². The zero-order valence-electron chi connectivity index (χ0n) is 18.5. The summed E-state index contributed by atoms with van der Waals surface area (Å²) >= 11 is 3.10. The zero-order valence-corrected chi connectivity index (χ0v) is 20.2. The van der Waals surface area contributed by atoms with Crippen LogP contribution in [0.1, 0.15) is 51.5 Å². The third-order valence-corrected chi connectivity index (χ3v) is 7.96. The Morgan fingerprint density at radius 2 is 2.10 bits per heavy atom. The van der Waals surface area contributed by atoms with E-state index in [1.54, 1.807) is 25.2 Å². The molecule has 0 aromatic carbocycles. The van der Waals surface area contributed by atoms with Gasteiger partial charge >= 0.3 is 6.03 Å². The summed E-state index contributed by atoms with van der Waals surface area (Å²) in [6.07, 6.45) is 3.47. The molecule has 3 amide bonds. The first-order chi connectivity index (χ1) is 14.1. The fraction of sp³-hybridized carbons (Fsp3) is 0.619. The maximum atomic E-state index is 12.2. The third kappa shape index (κ3) is 5.06. The number of rotatable bonds is 5. The van der Waals surface area contributed by atoms with Crippen molar-refractivity contribution in [1.82, 2.24) is 25.4 Å². The van der Waals surface area contributed by atoms with Crippen molar-refractivity contribution >= 4 is 35.0 Å². The Labute approximate surface area is 186 Å². The van der Waals surface area contributed by atoms with Gasteiger partial charge in [0.2, 0.25) is 5.91 Å². The highest BCUT2D eigenvalue weighted by Gasteiger charge is 2.30. The topological polar surface area (TPSA) is 88.9 Å².